The van der Waals surface area contributed by atoms with Crippen LogP contribution in [0.3, 0.4) is 0 Å². The first-order chi connectivity index (χ1) is 32.7. The minimum atomic E-state index is 0.689. The third-order valence-electron chi connectivity index (χ3n) is 13.6. The second-order valence-electron chi connectivity index (χ2n) is 17.2. The number of nitrogens with zero attached hydrogens (tertiary/aromatic N) is 6. The van der Waals surface area contributed by atoms with Crippen LogP contribution in [0.25, 0.3) is 136 Å². The van der Waals surface area contributed by atoms with E-state index in [-0.39, 0.29) is 0 Å². The highest BCUT2D eigenvalue weighted by Crippen LogP contribution is 2.44. The van der Waals surface area contributed by atoms with Gasteiger partial charge in [0.2, 0.25) is 5.78 Å². The number of thiophene rings is 1. The van der Waals surface area contributed by atoms with E-state index in [1.54, 1.807) is 11.3 Å². The van der Waals surface area contributed by atoms with Crippen LogP contribution in [-0.4, -0.2) is 28.3 Å². The van der Waals surface area contributed by atoms with E-state index in [9.17, 15) is 0 Å². The van der Waals surface area contributed by atoms with Crippen LogP contribution in [0.1, 0.15) is 0 Å². The summed E-state index contributed by atoms with van der Waals surface area (Å²) in [5.74, 6) is 1.54. The molecule has 0 bridgehead atoms. The Morgan fingerprint density at radius 3 is 1.77 bits per heavy atom. The molecule has 7 heteroatoms. The van der Waals surface area contributed by atoms with Gasteiger partial charge in [0.15, 0.2) is 5.82 Å². The summed E-state index contributed by atoms with van der Waals surface area (Å²) in [6.45, 7) is 0. The molecular formula is C59H34N6S. The Morgan fingerprint density at radius 2 is 0.970 bits per heavy atom. The molecule has 0 N–H and O–H groups in total. The van der Waals surface area contributed by atoms with E-state index in [1.807, 2.05) is 0 Å². The lowest BCUT2D eigenvalue weighted by atomic mass is 9.97. The van der Waals surface area contributed by atoms with E-state index < -0.39 is 0 Å². The van der Waals surface area contributed by atoms with Crippen LogP contribution in [0.5, 0.6) is 0 Å². The Balaban J connectivity index is 1.06. The zero-order valence-electron chi connectivity index (χ0n) is 35.2. The van der Waals surface area contributed by atoms with E-state index in [1.165, 1.54) is 37.3 Å². The third kappa shape index (κ3) is 4.97. The van der Waals surface area contributed by atoms with Crippen molar-refractivity contribution < 1.29 is 0 Å². The Bertz CT molecular complexity index is 4520. The molecule has 0 amide bonds. The third-order valence-corrected chi connectivity index (χ3v) is 14.8. The van der Waals surface area contributed by atoms with Gasteiger partial charge in [0.25, 0.3) is 0 Å². The molecule has 0 saturated carbocycles. The van der Waals surface area contributed by atoms with Crippen LogP contribution in [0.4, 0.5) is 0 Å². The lowest BCUT2D eigenvalue weighted by molar-refractivity contribution is 1.17. The molecule has 9 aromatic carbocycles. The molecular weight excluding hydrogens is 825 g/mol. The Hall–Kier alpha value is -8.65. The Kier molecular flexibility index (Phi) is 7.28. The topological polar surface area (TPSA) is 52.4 Å². The lowest BCUT2D eigenvalue weighted by Gasteiger charge is -2.10. The normalized spacial score (nSPS) is 12.2. The van der Waals surface area contributed by atoms with Crippen molar-refractivity contribution in [3.63, 3.8) is 0 Å². The number of para-hydroxylation sites is 5. The fraction of sp³-hybridized carbons (Fsp3) is 0. The fourth-order valence-corrected chi connectivity index (χ4v) is 11.8. The zero-order valence-corrected chi connectivity index (χ0v) is 36.0. The molecule has 0 atom stereocenters. The van der Waals surface area contributed by atoms with Gasteiger partial charge in [-0.3, -0.25) is 8.80 Å². The number of fused-ring (bicyclic) bond motifs is 16. The predicted octanol–water partition coefficient (Wildman–Crippen LogP) is 15.5. The highest BCUT2D eigenvalue weighted by molar-refractivity contribution is 7.26. The minimum Gasteiger partial charge on any atom is -0.309 e. The average Bonchev–Trinajstić information content (AvgIpc) is 4.12. The summed E-state index contributed by atoms with van der Waals surface area (Å²) < 4.78 is 9.42. The van der Waals surface area contributed by atoms with E-state index >= 15 is 0 Å². The summed E-state index contributed by atoms with van der Waals surface area (Å²) in [5, 5.41) is 8.24. The van der Waals surface area contributed by atoms with Gasteiger partial charge in [-0.15, -0.1) is 11.3 Å². The summed E-state index contributed by atoms with van der Waals surface area (Å²) in [6, 6.07) is 74.3. The standard InChI is InChI=1S/C59H34N6S/c1-3-15-35(16-4-1)54-57-55(44-21-9-14-26-53(44)66-57)62-58(61-54)37-28-30-43-46-32-38(36-27-29-42-40-19-7-11-23-48(40)63(51(42)33-36)39-17-5-2-6-18-39)31-45-41-20-8-12-24-49(41)65(56(45)46)59-60-47-22-10-13-25-50(47)64(59)52(43)34-37/h1-34H. The van der Waals surface area contributed by atoms with Crippen molar-refractivity contribution in [2.75, 3.05) is 0 Å². The van der Waals surface area contributed by atoms with Crippen molar-refractivity contribution in [1.29, 1.82) is 0 Å². The Labute approximate surface area is 380 Å². The fourth-order valence-electron chi connectivity index (χ4n) is 10.7. The molecule has 0 fully saturated rings. The zero-order chi connectivity index (χ0) is 43.0. The van der Waals surface area contributed by atoms with Crippen molar-refractivity contribution in [3.8, 4) is 39.5 Å². The van der Waals surface area contributed by atoms with Gasteiger partial charge in [-0.2, -0.15) is 0 Å². The molecule has 0 aliphatic carbocycles. The van der Waals surface area contributed by atoms with Crippen molar-refractivity contribution in [2.24, 2.45) is 0 Å². The highest BCUT2D eigenvalue weighted by Gasteiger charge is 2.23. The quantitative estimate of drug-likeness (QED) is 0.177. The number of hydrogen-bond donors (Lipinski definition) is 0. The van der Waals surface area contributed by atoms with Crippen molar-refractivity contribution in [2.45, 2.75) is 0 Å². The highest BCUT2D eigenvalue weighted by atomic mass is 32.1. The number of benzene rings is 9. The molecule has 15 rings (SSSR count). The monoisotopic (exact) mass is 858 g/mol. The van der Waals surface area contributed by atoms with Gasteiger partial charge in [-0.25, -0.2) is 15.0 Å². The summed E-state index contributed by atoms with van der Waals surface area (Å²) in [5.41, 5.74) is 15.0. The summed E-state index contributed by atoms with van der Waals surface area (Å²) >= 11 is 1.76. The first kappa shape index (κ1) is 35.8. The van der Waals surface area contributed by atoms with Gasteiger partial charge in [0.1, 0.15) is 0 Å². The van der Waals surface area contributed by atoms with Crippen LogP contribution in [0.2, 0.25) is 0 Å². The second-order valence-corrected chi connectivity index (χ2v) is 18.3. The predicted molar refractivity (Wildman–Crippen MR) is 275 cm³/mol. The molecule has 0 radical (unpaired) electrons. The van der Waals surface area contributed by atoms with E-state index in [0.29, 0.717) is 5.82 Å². The molecule has 15 aromatic rings. The Morgan fingerprint density at radius 1 is 0.364 bits per heavy atom. The van der Waals surface area contributed by atoms with Crippen molar-refractivity contribution in [1.82, 2.24) is 28.3 Å². The van der Waals surface area contributed by atoms with E-state index in [4.69, 9.17) is 15.0 Å². The van der Waals surface area contributed by atoms with Gasteiger partial charge >= 0.3 is 0 Å². The van der Waals surface area contributed by atoms with Gasteiger partial charge < -0.3 is 4.57 Å². The maximum absolute atomic E-state index is 5.45. The molecule has 306 valence electrons. The number of aromatic nitrogens is 6. The number of imidazole rings is 1. The largest absolute Gasteiger partial charge is 0.309 e. The van der Waals surface area contributed by atoms with E-state index in [0.717, 1.165) is 93.4 Å². The van der Waals surface area contributed by atoms with Crippen molar-refractivity contribution in [3.05, 3.63) is 206 Å². The lowest BCUT2D eigenvalue weighted by Crippen LogP contribution is -1.95. The summed E-state index contributed by atoms with van der Waals surface area (Å²) in [6.07, 6.45) is 0. The summed E-state index contributed by atoms with van der Waals surface area (Å²) in [7, 11) is 0. The smallest absolute Gasteiger partial charge is 0.220 e. The van der Waals surface area contributed by atoms with Gasteiger partial charge in [-0.05, 0) is 77.9 Å². The molecule has 66 heavy (non-hydrogen) atoms. The first-order valence-electron chi connectivity index (χ1n) is 22.3. The molecule has 0 unspecified atom stereocenters. The molecule has 0 saturated heterocycles. The molecule has 0 aliphatic heterocycles. The molecule has 6 aromatic heterocycles. The van der Waals surface area contributed by atoms with Crippen LogP contribution < -0.4 is 0 Å². The maximum atomic E-state index is 5.45. The molecule has 6 nitrogen and oxygen atoms in total. The van der Waals surface area contributed by atoms with E-state index in [2.05, 4.69) is 220 Å². The number of hydrogen-bond acceptors (Lipinski definition) is 4. The van der Waals surface area contributed by atoms with Gasteiger partial charge in [-0.1, -0.05) is 140 Å². The van der Waals surface area contributed by atoms with Crippen LogP contribution in [0.15, 0.2) is 206 Å². The maximum Gasteiger partial charge on any atom is 0.220 e. The molecule has 0 aliphatic rings. The van der Waals surface area contributed by atoms with Crippen LogP contribution in [0, 0.1) is 0 Å². The van der Waals surface area contributed by atoms with Crippen LogP contribution in [-0.2, 0) is 0 Å². The molecule has 0 spiro atoms. The second kappa shape index (κ2) is 13.4. The summed E-state index contributed by atoms with van der Waals surface area (Å²) in [4.78, 5) is 16.3. The molecule has 6 heterocycles. The SMILES string of the molecule is c1ccc(-c2nc(-c3ccc4c5cc(-c6ccc7c8ccccc8n(-c8ccccc8)c7c6)cc6c7ccccc7n(c56)c5nc6ccccc6n5c4c3)nc3c2sc2ccccc23)cc1. The van der Waals surface area contributed by atoms with Gasteiger partial charge in [0.05, 0.1) is 54.5 Å². The first-order valence-corrected chi connectivity index (χ1v) is 23.1. The minimum absolute atomic E-state index is 0.689. The number of rotatable bonds is 4. The average molecular weight is 859 g/mol. The van der Waals surface area contributed by atoms with Crippen molar-refractivity contribution >= 4 is 108 Å². The van der Waals surface area contributed by atoms with Crippen LogP contribution >= 0.6 is 11.3 Å². The van der Waals surface area contributed by atoms with Gasteiger partial charge in [0, 0.05) is 59.2 Å².